The van der Waals surface area contributed by atoms with E-state index in [0.29, 0.717) is 4.57 Å². The number of rotatable bonds is 6. The summed E-state index contributed by atoms with van der Waals surface area (Å²) < 4.78 is 9.81. The lowest BCUT2D eigenvalue weighted by molar-refractivity contribution is -0.183. The molecule has 112 valence electrons. The molecular weight excluding hydrogens is 286 g/mol. The van der Waals surface area contributed by atoms with E-state index >= 15 is 0 Å². The number of H-pyrrole nitrogens is 2. The molecule has 0 bridgehead atoms. The molecule has 0 aliphatic carbocycles. The van der Waals surface area contributed by atoms with Gasteiger partial charge in [0.05, 0.1) is 0 Å². The van der Waals surface area contributed by atoms with Crippen LogP contribution in [-0.4, -0.2) is 32.8 Å². The molecule has 0 fully saturated rings. The van der Waals surface area contributed by atoms with Gasteiger partial charge in [-0.3, -0.25) is 9.97 Å². The Morgan fingerprint density at radius 1 is 1.05 bits per heavy atom. The quantitative estimate of drug-likeness (QED) is 0.352. The van der Waals surface area contributed by atoms with Crippen molar-refractivity contribution >= 4 is 11.9 Å². The van der Waals surface area contributed by atoms with Gasteiger partial charge >= 0.3 is 29.0 Å². The largest absolute Gasteiger partial charge is 0.420 e. The van der Waals surface area contributed by atoms with Gasteiger partial charge in [-0.1, -0.05) is 13.2 Å². The van der Waals surface area contributed by atoms with Crippen LogP contribution in [0.3, 0.4) is 0 Å². The third kappa shape index (κ3) is 4.45. The summed E-state index contributed by atoms with van der Waals surface area (Å²) in [6, 6.07) is 0. The summed E-state index contributed by atoms with van der Waals surface area (Å²) in [5.74, 6) is -1.88. The van der Waals surface area contributed by atoms with E-state index in [2.05, 4.69) is 22.6 Å². The molecule has 0 aromatic carbocycles. The van der Waals surface area contributed by atoms with E-state index in [1.165, 1.54) is 0 Å². The van der Waals surface area contributed by atoms with Crippen LogP contribution in [0.15, 0.2) is 39.7 Å². The Balaban J connectivity index is 3.08. The Bertz CT molecular complexity index is 683. The van der Waals surface area contributed by atoms with E-state index in [0.717, 1.165) is 12.2 Å². The zero-order valence-electron chi connectivity index (χ0n) is 10.7. The second-order valence-corrected chi connectivity index (χ2v) is 3.51. The van der Waals surface area contributed by atoms with E-state index < -0.39 is 41.8 Å². The highest BCUT2D eigenvalue weighted by Gasteiger charge is 2.19. The first-order valence-electron chi connectivity index (χ1n) is 5.47. The molecule has 21 heavy (non-hydrogen) atoms. The van der Waals surface area contributed by atoms with Crippen LogP contribution in [0.25, 0.3) is 0 Å². The van der Waals surface area contributed by atoms with Crippen LogP contribution >= 0.6 is 0 Å². The van der Waals surface area contributed by atoms with Gasteiger partial charge < -0.3 is 9.47 Å². The minimum atomic E-state index is -1.58. The number of aromatic amines is 2. The first-order chi connectivity index (χ1) is 9.87. The monoisotopic (exact) mass is 297 g/mol. The highest BCUT2D eigenvalue weighted by atomic mass is 16.7. The minimum Gasteiger partial charge on any atom is -0.420 e. The molecular formula is C11H11N3O7. The van der Waals surface area contributed by atoms with Crippen LogP contribution in [0.1, 0.15) is 0 Å². The van der Waals surface area contributed by atoms with Gasteiger partial charge in [0.25, 0.3) is 6.29 Å². The zero-order chi connectivity index (χ0) is 16.0. The predicted molar refractivity (Wildman–Crippen MR) is 68.3 cm³/mol. The number of esters is 2. The molecule has 10 heteroatoms. The Labute approximate surface area is 116 Å². The molecule has 0 aliphatic heterocycles. The lowest BCUT2D eigenvalue weighted by Crippen LogP contribution is -2.46. The van der Waals surface area contributed by atoms with Gasteiger partial charge in [0.1, 0.15) is 6.54 Å². The molecule has 0 saturated carbocycles. The van der Waals surface area contributed by atoms with Crippen molar-refractivity contribution in [3.63, 3.8) is 0 Å². The standard InChI is InChI=1S/C11H11N3O7/c1-3-6(15)20-8(21-7(16)4-2)5-14-10(18)12-9(17)13-11(14)19/h3-4,8H,1-2,5H2,(H2,12,13,17,18,19). The van der Waals surface area contributed by atoms with E-state index in [-0.39, 0.29) is 0 Å². The van der Waals surface area contributed by atoms with Gasteiger partial charge in [-0.2, -0.15) is 0 Å². The van der Waals surface area contributed by atoms with Crippen molar-refractivity contribution in [1.82, 2.24) is 14.5 Å². The van der Waals surface area contributed by atoms with Crippen LogP contribution in [0.2, 0.25) is 0 Å². The van der Waals surface area contributed by atoms with Gasteiger partial charge in [-0.05, 0) is 0 Å². The number of carbonyl (C=O) groups excluding carboxylic acids is 2. The van der Waals surface area contributed by atoms with Gasteiger partial charge in [-0.25, -0.2) is 28.5 Å². The third-order valence-electron chi connectivity index (χ3n) is 2.09. The maximum atomic E-state index is 11.5. The van der Waals surface area contributed by atoms with Gasteiger partial charge in [-0.15, -0.1) is 0 Å². The Kier molecular flexibility index (Phi) is 5.17. The zero-order valence-corrected chi connectivity index (χ0v) is 10.7. The van der Waals surface area contributed by atoms with Crippen molar-refractivity contribution in [2.24, 2.45) is 0 Å². The number of carbonyl (C=O) groups is 2. The molecule has 0 aliphatic rings. The Hall–Kier alpha value is -3.17. The fourth-order valence-electron chi connectivity index (χ4n) is 1.22. The Morgan fingerprint density at radius 2 is 1.48 bits per heavy atom. The Morgan fingerprint density at radius 3 is 1.86 bits per heavy atom. The van der Waals surface area contributed by atoms with Crippen LogP contribution in [0, 0.1) is 0 Å². The second kappa shape index (κ2) is 6.84. The number of nitrogens with one attached hydrogen (secondary N) is 2. The van der Waals surface area contributed by atoms with Crippen LogP contribution in [0.4, 0.5) is 0 Å². The number of hydrogen-bond acceptors (Lipinski definition) is 7. The summed E-state index contributed by atoms with van der Waals surface area (Å²) >= 11 is 0. The topological polar surface area (TPSA) is 140 Å². The van der Waals surface area contributed by atoms with Crippen LogP contribution in [-0.2, 0) is 25.6 Å². The van der Waals surface area contributed by atoms with Crippen LogP contribution in [0.5, 0.6) is 0 Å². The molecule has 2 N–H and O–H groups in total. The predicted octanol–water partition coefficient (Wildman–Crippen LogP) is -1.99. The van der Waals surface area contributed by atoms with Crippen molar-refractivity contribution in [3.05, 3.63) is 56.8 Å². The number of aromatic nitrogens is 3. The molecule has 0 amide bonds. The van der Waals surface area contributed by atoms with Gasteiger partial charge in [0.2, 0.25) is 0 Å². The van der Waals surface area contributed by atoms with Gasteiger partial charge in [0.15, 0.2) is 0 Å². The summed E-state index contributed by atoms with van der Waals surface area (Å²) in [4.78, 5) is 59.6. The molecule has 0 unspecified atom stereocenters. The molecule has 0 atom stereocenters. The second-order valence-electron chi connectivity index (χ2n) is 3.51. The van der Waals surface area contributed by atoms with Crippen molar-refractivity contribution in [2.75, 3.05) is 0 Å². The average Bonchev–Trinajstić information content (AvgIpc) is 2.42. The summed E-state index contributed by atoms with van der Waals surface area (Å²) in [7, 11) is 0. The van der Waals surface area contributed by atoms with Crippen molar-refractivity contribution in [2.45, 2.75) is 12.8 Å². The lowest BCUT2D eigenvalue weighted by Gasteiger charge is -2.16. The van der Waals surface area contributed by atoms with E-state index in [1.54, 1.807) is 9.97 Å². The number of hydrogen-bond donors (Lipinski definition) is 2. The highest BCUT2D eigenvalue weighted by Crippen LogP contribution is 1.99. The fraction of sp³-hybridized carbons (Fsp3) is 0.182. The van der Waals surface area contributed by atoms with E-state index in [1.807, 2.05) is 0 Å². The first kappa shape index (κ1) is 15.9. The van der Waals surface area contributed by atoms with Crippen molar-refractivity contribution in [3.8, 4) is 0 Å². The number of nitrogens with zero attached hydrogens (tertiary/aromatic N) is 1. The molecule has 1 aromatic heterocycles. The SMILES string of the molecule is C=CC(=O)OC(Cn1c(=O)[nH]c(=O)[nH]c1=O)OC(=O)C=C. The minimum absolute atomic E-state index is 0.485. The van der Waals surface area contributed by atoms with Gasteiger partial charge in [0, 0.05) is 12.2 Å². The van der Waals surface area contributed by atoms with E-state index in [9.17, 15) is 24.0 Å². The van der Waals surface area contributed by atoms with Crippen LogP contribution < -0.4 is 17.1 Å². The van der Waals surface area contributed by atoms with E-state index in [4.69, 9.17) is 0 Å². The van der Waals surface area contributed by atoms with Crippen molar-refractivity contribution in [1.29, 1.82) is 0 Å². The maximum Gasteiger partial charge on any atom is 0.333 e. The molecule has 1 aromatic rings. The van der Waals surface area contributed by atoms with Crippen molar-refractivity contribution < 1.29 is 19.1 Å². The average molecular weight is 297 g/mol. The highest BCUT2D eigenvalue weighted by molar-refractivity contribution is 5.82. The normalized spacial score (nSPS) is 9.95. The molecule has 10 nitrogen and oxygen atoms in total. The summed E-state index contributed by atoms with van der Waals surface area (Å²) in [5, 5.41) is 0. The lowest BCUT2D eigenvalue weighted by atomic mass is 10.5. The molecule has 0 spiro atoms. The smallest absolute Gasteiger partial charge is 0.333 e. The third-order valence-corrected chi connectivity index (χ3v) is 2.09. The summed E-state index contributed by atoms with van der Waals surface area (Å²) in [6.07, 6.45) is 0.0224. The fourth-order valence-corrected chi connectivity index (χ4v) is 1.22. The molecule has 1 heterocycles. The first-order valence-corrected chi connectivity index (χ1v) is 5.47. The molecule has 1 rings (SSSR count). The summed E-state index contributed by atoms with van der Waals surface area (Å²) in [5.41, 5.74) is -3.11. The molecule has 0 radical (unpaired) electrons. The summed E-state index contributed by atoms with van der Waals surface area (Å²) in [6.45, 7) is 5.67. The maximum absolute atomic E-state index is 11.5. The molecule has 0 saturated heterocycles. The number of ether oxygens (including phenoxy) is 2.